The normalized spacial score (nSPS) is 40.5. The maximum Gasteiger partial charge on any atom is 0.359 e. The number of methoxy groups -OCH3 is 1. The highest BCUT2D eigenvalue weighted by molar-refractivity contribution is 7.16. The molecule has 5 heteroatoms. The third-order valence-corrected chi connectivity index (χ3v) is 6.97. The second-order valence-electron chi connectivity index (χ2n) is 7.78. The number of carbonyl (C=O) groups excluding carboxylic acids is 1. The molecule has 4 aliphatic carbocycles. The van der Waals surface area contributed by atoms with E-state index in [1.165, 1.54) is 57.0 Å². The van der Waals surface area contributed by atoms with Gasteiger partial charge in [0.15, 0.2) is 5.69 Å². The predicted octanol–water partition coefficient (Wildman–Crippen LogP) is 3.37. The molecule has 1 aromatic rings. The zero-order valence-electron chi connectivity index (χ0n) is 12.6. The van der Waals surface area contributed by atoms with Crippen LogP contribution in [0.15, 0.2) is 0 Å². The van der Waals surface area contributed by atoms with Crippen molar-refractivity contribution in [3.05, 3.63) is 10.7 Å². The van der Waals surface area contributed by atoms with Gasteiger partial charge < -0.3 is 10.5 Å². The second-order valence-corrected chi connectivity index (χ2v) is 8.81. The van der Waals surface area contributed by atoms with Gasteiger partial charge in [-0.3, -0.25) is 0 Å². The van der Waals surface area contributed by atoms with Gasteiger partial charge in [0.05, 0.1) is 7.11 Å². The number of carbonyl (C=O) groups is 1. The van der Waals surface area contributed by atoms with Crippen LogP contribution in [0.1, 0.15) is 60.9 Å². The van der Waals surface area contributed by atoms with Crippen LogP contribution < -0.4 is 5.73 Å². The molecule has 0 saturated heterocycles. The van der Waals surface area contributed by atoms with Gasteiger partial charge in [0.1, 0.15) is 10.0 Å². The van der Waals surface area contributed by atoms with Crippen molar-refractivity contribution in [1.82, 2.24) is 4.98 Å². The van der Waals surface area contributed by atoms with Gasteiger partial charge in [0.25, 0.3) is 0 Å². The quantitative estimate of drug-likeness (QED) is 0.851. The second kappa shape index (κ2) is 4.22. The van der Waals surface area contributed by atoms with E-state index in [2.05, 4.69) is 11.9 Å². The molecule has 2 N–H and O–H groups in total. The standard InChI is InChI=1S/C16H22N2O2S/c1-15-4-9-3-10(5-15)7-16(6-9,8-15)14-18-11(12(17)21-14)13(19)20-2/h9-10H,3-8,17H2,1-2H3. The summed E-state index contributed by atoms with van der Waals surface area (Å²) in [6, 6.07) is 0. The summed E-state index contributed by atoms with van der Waals surface area (Å²) in [6.45, 7) is 2.44. The van der Waals surface area contributed by atoms with E-state index >= 15 is 0 Å². The van der Waals surface area contributed by atoms with Gasteiger partial charge in [-0.25, -0.2) is 9.78 Å². The number of nitrogens with two attached hydrogens (primary N) is 1. The smallest absolute Gasteiger partial charge is 0.359 e. The maximum atomic E-state index is 11.8. The Balaban J connectivity index is 1.75. The van der Waals surface area contributed by atoms with Crippen LogP contribution in [0.3, 0.4) is 0 Å². The number of anilines is 1. The molecule has 0 aliphatic heterocycles. The molecular weight excluding hydrogens is 284 g/mol. The molecule has 0 aromatic carbocycles. The molecule has 21 heavy (non-hydrogen) atoms. The van der Waals surface area contributed by atoms with Crippen LogP contribution in [-0.2, 0) is 10.2 Å². The van der Waals surface area contributed by atoms with Crippen LogP contribution in [0, 0.1) is 17.3 Å². The number of hydrogen-bond donors (Lipinski definition) is 1. The van der Waals surface area contributed by atoms with Crippen molar-refractivity contribution in [2.45, 2.75) is 50.9 Å². The number of rotatable bonds is 2. The van der Waals surface area contributed by atoms with E-state index < -0.39 is 5.97 Å². The summed E-state index contributed by atoms with van der Waals surface area (Å²) >= 11 is 1.51. The highest BCUT2D eigenvalue weighted by Gasteiger charge is 2.57. The number of esters is 1. The van der Waals surface area contributed by atoms with Crippen molar-refractivity contribution in [2.24, 2.45) is 17.3 Å². The van der Waals surface area contributed by atoms with Crippen LogP contribution in [0.25, 0.3) is 0 Å². The van der Waals surface area contributed by atoms with E-state index in [1.807, 2.05) is 0 Å². The summed E-state index contributed by atoms with van der Waals surface area (Å²) in [5.74, 6) is 1.26. The molecule has 114 valence electrons. The summed E-state index contributed by atoms with van der Waals surface area (Å²) in [6.07, 6.45) is 7.80. The molecule has 0 spiro atoms. The summed E-state index contributed by atoms with van der Waals surface area (Å²) in [5.41, 5.74) is 6.98. The summed E-state index contributed by atoms with van der Waals surface area (Å²) in [4.78, 5) is 16.4. The SMILES string of the molecule is COC(=O)c1nc(C23CC4CC(CC(C)(C4)C2)C3)sc1N. The van der Waals surface area contributed by atoms with E-state index in [-0.39, 0.29) is 5.41 Å². The minimum absolute atomic E-state index is 0.171. The summed E-state index contributed by atoms with van der Waals surface area (Å²) in [7, 11) is 1.38. The lowest BCUT2D eigenvalue weighted by atomic mass is 9.45. The number of nitrogen functional groups attached to an aromatic ring is 1. The average molecular weight is 306 g/mol. The number of nitrogens with zero attached hydrogens (tertiary/aromatic N) is 1. The Morgan fingerprint density at radius 2 is 2.00 bits per heavy atom. The van der Waals surface area contributed by atoms with Crippen molar-refractivity contribution in [1.29, 1.82) is 0 Å². The first-order chi connectivity index (χ1) is 9.93. The van der Waals surface area contributed by atoms with E-state index in [4.69, 9.17) is 10.5 Å². The molecule has 0 amide bonds. The van der Waals surface area contributed by atoms with Gasteiger partial charge in [0.2, 0.25) is 0 Å². The molecular formula is C16H22N2O2S. The minimum atomic E-state index is -0.411. The zero-order valence-corrected chi connectivity index (χ0v) is 13.5. The monoisotopic (exact) mass is 306 g/mol. The van der Waals surface area contributed by atoms with Crippen molar-refractivity contribution in [3.8, 4) is 0 Å². The van der Waals surface area contributed by atoms with E-state index in [9.17, 15) is 4.79 Å². The Morgan fingerprint density at radius 1 is 1.33 bits per heavy atom. The lowest BCUT2D eigenvalue weighted by Gasteiger charge is -2.60. The van der Waals surface area contributed by atoms with Crippen molar-refractivity contribution in [3.63, 3.8) is 0 Å². The average Bonchev–Trinajstić information content (AvgIpc) is 2.78. The summed E-state index contributed by atoms with van der Waals surface area (Å²) in [5, 5.41) is 1.60. The van der Waals surface area contributed by atoms with Crippen molar-refractivity contribution >= 4 is 22.3 Å². The molecule has 1 heterocycles. The first kappa shape index (κ1) is 13.6. The fourth-order valence-electron chi connectivity index (χ4n) is 5.77. The van der Waals surface area contributed by atoms with Gasteiger partial charge in [-0.15, -0.1) is 11.3 Å². The van der Waals surface area contributed by atoms with Gasteiger partial charge in [0, 0.05) is 5.41 Å². The first-order valence-electron chi connectivity index (χ1n) is 7.78. The Bertz CT molecular complexity index is 595. The van der Waals surface area contributed by atoms with Crippen LogP contribution in [0.2, 0.25) is 0 Å². The molecule has 2 unspecified atom stereocenters. The van der Waals surface area contributed by atoms with Crippen molar-refractivity contribution in [2.75, 3.05) is 12.8 Å². The summed E-state index contributed by atoms with van der Waals surface area (Å²) < 4.78 is 4.79. The Labute approximate surface area is 129 Å². The van der Waals surface area contributed by atoms with Crippen LogP contribution >= 0.6 is 11.3 Å². The largest absolute Gasteiger partial charge is 0.464 e. The molecule has 4 aliphatic rings. The van der Waals surface area contributed by atoms with E-state index in [0.29, 0.717) is 16.1 Å². The van der Waals surface area contributed by atoms with Gasteiger partial charge in [-0.1, -0.05) is 6.92 Å². The third-order valence-electron chi connectivity index (χ3n) is 5.84. The predicted molar refractivity (Wildman–Crippen MR) is 82.3 cm³/mol. The zero-order chi connectivity index (χ0) is 14.8. The van der Waals surface area contributed by atoms with Crippen LogP contribution in [0.4, 0.5) is 5.00 Å². The molecule has 4 nitrogen and oxygen atoms in total. The molecule has 0 radical (unpaired) electrons. The minimum Gasteiger partial charge on any atom is -0.464 e. The molecule has 4 saturated carbocycles. The van der Waals surface area contributed by atoms with Crippen LogP contribution in [-0.4, -0.2) is 18.1 Å². The van der Waals surface area contributed by atoms with Gasteiger partial charge >= 0.3 is 5.97 Å². The van der Waals surface area contributed by atoms with E-state index in [1.54, 1.807) is 0 Å². The van der Waals surface area contributed by atoms with Gasteiger partial charge in [-0.05, 0) is 55.8 Å². The molecule has 4 bridgehead atoms. The number of hydrogen-bond acceptors (Lipinski definition) is 5. The Kier molecular flexibility index (Phi) is 2.72. The lowest BCUT2D eigenvalue weighted by Crippen LogP contribution is -2.52. The number of ether oxygens (including phenoxy) is 1. The number of aromatic nitrogens is 1. The third kappa shape index (κ3) is 1.93. The highest BCUT2D eigenvalue weighted by atomic mass is 32.1. The Morgan fingerprint density at radius 3 is 2.57 bits per heavy atom. The molecule has 2 atom stereocenters. The first-order valence-corrected chi connectivity index (χ1v) is 8.60. The van der Waals surface area contributed by atoms with Gasteiger partial charge in [-0.2, -0.15) is 0 Å². The van der Waals surface area contributed by atoms with E-state index in [0.717, 1.165) is 16.8 Å². The maximum absolute atomic E-state index is 11.8. The fourth-order valence-corrected chi connectivity index (χ4v) is 6.80. The van der Waals surface area contributed by atoms with Crippen molar-refractivity contribution < 1.29 is 9.53 Å². The molecule has 4 fully saturated rings. The molecule has 5 rings (SSSR count). The fraction of sp³-hybridized carbons (Fsp3) is 0.750. The van der Waals surface area contributed by atoms with Crippen LogP contribution in [0.5, 0.6) is 0 Å². The number of thiazole rings is 1. The Hall–Kier alpha value is -1.10. The highest BCUT2D eigenvalue weighted by Crippen LogP contribution is 2.66. The topological polar surface area (TPSA) is 65.2 Å². The molecule has 1 aromatic heterocycles. The lowest BCUT2D eigenvalue weighted by molar-refractivity contribution is -0.0616.